The molecule has 18 nitrogen and oxygen atoms in total. The number of esters is 2. The van der Waals surface area contributed by atoms with Gasteiger partial charge in [-0.2, -0.15) is 0 Å². The number of fused-ring (bicyclic) bond motifs is 4. The van der Waals surface area contributed by atoms with Crippen LogP contribution in [-0.4, -0.2) is 157 Å². The molecule has 2 amide bonds. The Morgan fingerprint density at radius 1 is 0.402 bits per heavy atom. The minimum atomic E-state index is -0.375. The van der Waals surface area contributed by atoms with Gasteiger partial charge in [-0.1, -0.05) is 37.8 Å². The molecule has 0 saturated carbocycles. The van der Waals surface area contributed by atoms with E-state index < -0.39 is 0 Å². The molecule has 3 aliphatic rings. The van der Waals surface area contributed by atoms with Gasteiger partial charge in [0.25, 0.3) is 11.1 Å². The van der Waals surface area contributed by atoms with E-state index in [2.05, 4.69) is 78.9 Å². The standard InChI is InChI=1S/C72H88N8O10S2/c81-67(19-5-1-3-7-21-71(85)89-53-79-63-51-57(27-23-55(63)25-29-69(79)83)87-47-11-9-33-73-35-39-75(40-36-73)61-15-13-17-65-59(61)31-49-91-65)77-43-45-78(46-44-77)68(82)20-6-2-4-8-22-72(86)90-54-80-64-52-58(28-24-56(64)26-30-70(80)84)88-48-12-10-34-74-37-41-76(42-38-74)62-16-14-18-66-60(62)32-50-92-66/h13-18,23-32,49-52H,1-12,19-22,33-48,53-54H2. The molecular formula is C72H88N8O10S2. The molecule has 92 heavy (non-hydrogen) atoms. The third-order valence-electron chi connectivity index (χ3n) is 18.3. The van der Waals surface area contributed by atoms with E-state index in [0.717, 1.165) is 128 Å². The highest BCUT2D eigenvalue weighted by molar-refractivity contribution is 7.17. The smallest absolute Gasteiger partial charge is 0.307 e. The van der Waals surface area contributed by atoms with Crippen LogP contribution >= 0.6 is 22.7 Å². The lowest BCUT2D eigenvalue weighted by atomic mass is 10.1. The van der Waals surface area contributed by atoms with Crippen LogP contribution in [0.4, 0.5) is 11.4 Å². The summed E-state index contributed by atoms with van der Waals surface area (Å²) in [7, 11) is 0. The Hall–Kier alpha value is -7.78. The van der Waals surface area contributed by atoms with Crippen LogP contribution in [0.1, 0.15) is 103 Å². The summed E-state index contributed by atoms with van der Waals surface area (Å²) in [5.74, 6) is 0.752. The van der Waals surface area contributed by atoms with Crippen molar-refractivity contribution in [1.29, 1.82) is 0 Å². The molecule has 7 heterocycles. The number of hydrogen-bond donors (Lipinski definition) is 0. The maximum Gasteiger partial charge on any atom is 0.307 e. The first-order chi connectivity index (χ1) is 45.1. The van der Waals surface area contributed by atoms with Gasteiger partial charge in [-0.15, -0.1) is 22.7 Å². The fourth-order valence-electron chi connectivity index (χ4n) is 12.9. The second-order valence-corrected chi connectivity index (χ2v) is 26.4. The molecule has 4 aromatic heterocycles. The number of anilines is 2. The zero-order valence-corrected chi connectivity index (χ0v) is 54.7. The number of rotatable bonds is 32. The first kappa shape index (κ1) is 65.7. The van der Waals surface area contributed by atoms with Crippen molar-refractivity contribution in [1.82, 2.24) is 28.7 Å². The van der Waals surface area contributed by atoms with Gasteiger partial charge in [-0.3, -0.25) is 47.7 Å². The van der Waals surface area contributed by atoms with Gasteiger partial charge in [0.05, 0.1) is 24.2 Å². The van der Waals surface area contributed by atoms with Crippen LogP contribution in [0, 0.1) is 0 Å². The van der Waals surface area contributed by atoms with E-state index in [1.165, 1.54) is 52.8 Å². The predicted octanol–water partition coefficient (Wildman–Crippen LogP) is 11.8. The zero-order chi connectivity index (χ0) is 63.4. The maximum atomic E-state index is 13.1. The first-order valence-corrected chi connectivity index (χ1v) is 35.1. The Bertz CT molecular complexity index is 3630. The predicted molar refractivity (Wildman–Crippen MR) is 368 cm³/mol. The maximum absolute atomic E-state index is 13.1. The molecule has 3 saturated heterocycles. The molecule has 3 aliphatic heterocycles. The molecule has 20 heteroatoms. The Labute approximate surface area is 546 Å². The molecule has 488 valence electrons. The SMILES string of the molecule is O=C(CCCCCCC(=O)N1CCN(C(=O)CCCCCCC(=O)OCn2c(=O)ccc3ccc(OCCCCN4CCN(c5cccc6sccc56)CC4)cc32)CC1)OCn1c(=O)ccc2ccc(OCCCCN3CCN(c4cccc5sccc45)CC3)cc21. The molecule has 0 N–H and O–H groups in total. The molecule has 8 aromatic rings. The minimum absolute atomic E-state index is 0.0812. The second-order valence-electron chi connectivity index (χ2n) is 24.5. The molecule has 0 spiro atoms. The number of benzene rings is 4. The monoisotopic (exact) mass is 1290 g/mol. The molecule has 0 unspecified atom stereocenters. The van der Waals surface area contributed by atoms with Crippen LogP contribution < -0.4 is 30.4 Å². The normalized spacial score (nSPS) is 15.0. The number of ether oxygens (including phenoxy) is 4. The molecule has 4 aromatic carbocycles. The number of amides is 2. The molecule has 0 atom stereocenters. The Balaban J connectivity index is 0.494. The van der Waals surface area contributed by atoms with Gasteiger partial charge in [-0.05, 0) is 159 Å². The van der Waals surface area contributed by atoms with Gasteiger partial charge in [-0.25, -0.2) is 0 Å². The van der Waals surface area contributed by atoms with Gasteiger partial charge < -0.3 is 38.5 Å². The highest BCUT2D eigenvalue weighted by atomic mass is 32.1. The summed E-state index contributed by atoms with van der Waals surface area (Å²) in [5.41, 5.74) is 3.45. The van der Waals surface area contributed by atoms with Crippen LogP contribution in [0.25, 0.3) is 42.0 Å². The second kappa shape index (κ2) is 33.2. The quantitative estimate of drug-likeness (QED) is 0.0288. The number of unbranched alkanes of at least 4 members (excludes halogenated alkanes) is 8. The summed E-state index contributed by atoms with van der Waals surface area (Å²) in [6, 6.07) is 35.5. The van der Waals surface area contributed by atoms with Gasteiger partial charge in [0.15, 0.2) is 13.5 Å². The molecule has 11 rings (SSSR count). The number of nitrogens with zero attached hydrogens (tertiary/aromatic N) is 8. The Kier molecular flexibility index (Phi) is 23.7. The van der Waals surface area contributed by atoms with Crippen molar-refractivity contribution < 1.29 is 38.1 Å². The van der Waals surface area contributed by atoms with Crippen molar-refractivity contribution in [3.63, 3.8) is 0 Å². The fraction of sp³-hybridized carbons (Fsp3) is 0.472. The fourth-order valence-corrected chi connectivity index (χ4v) is 14.5. The van der Waals surface area contributed by atoms with E-state index >= 15 is 0 Å². The number of thiophene rings is 2. The third kappa shape index (κ3) is 17.9. The summed E-state index contributed by atoms with van der Waals surface area (Å²) in [6.45, 7) is 13.1. The number of hydrogen-bond acceptors (Lipinski definition) is 16. The number of aromatic nitrogens is 2. The van der Waals surface area contributed by atoms with E-state index in [-0.39, 0.29) is 61.2 Å². The van der Waals surface area contributed by atoms with Gasteiger partial charge in [0.2, 0.25) is 11.8 Å². The lowest BCUT2D eigenvalue weighted by Crippen LogP contribution is -2.50. The Morgan fingerprint density at radius 3 is 1.23 bits per heavy atom. The minimum Gasteiger partial charge on any atom is -0.494 e. The van der Waals surface area contributed by atoms with Crippen molar-refractivity contribution >= 4 is 99.8 Å². The zero-order valence-electron chi connectivity index (χ0n) is 53.1. The topological polar surface area (TPSA) is 169 Å². The van der Waals surface area contributed by atoms with E-state index in [4.69, 9.17) is 18.9 Å². The first-order valence-electron chi connectivity index (χ1n) is 33.4. The van der Waals surface area contributed by atoms with Crippen LogP contribution in [0.3, 0.4) is 0 Å². The molecule has 3 fully saturated rings. The van der Waals surface area contributed by atoms with Gasteiger partial charge in [0, 0.05) is 160 Å². The summed E-state index contributed by atoms with van der Waals surface area (Å²) in [6.07, 6.45) is 11.0. The average Bonchev–Trinajstić information content (AvgIpc) is 1.43. The summed E-state index contributed by atoms with van der Waals surface area (Å²) < 4.78 is 29.1. The highest BCUT2D eigenvalue weighted by Crippen LogP contribution is 2.33. The van der Waals surface area contributed by atoms with Crippen LogP contribution in [0.5, 0.6) is 11.5 Å². The number of piperazine rings is 3. The van der Waals surface area contributed by atoms with Crippen LogP contribution in [0.2, 0.25) is 0 Å². The molecule has 0 aliphatic carbocycles. The third-order valence-corrected chi connectivity index (χ3v) is 20.1. The number of carbonyl (C=O) groups is 4. The largest absolute Gasteiger partial charge is 0.494 e. The van der Waals surface area contributed by atoms with E-state index in [0.29, 0.717) is 100 Å². The van der Waals surface area contributed by atoms with Crippen LogP contribution in [0.15, 0.2) is 130 Å². The van der Waals surface area contributed by atoms with Gasteiger partial charge in [0.1, 0.15) is 11.5 Å². The van der Waals surface area contributed by atoms with Crippen molar-refractivity contribution in [3.8, 4) is 11.5 Å². The highest BCUT2D eigenvalue weighted by Gasteiger charge is 2.25. The van der Waals surface area contributed by atoms with E-state index in [9.17, 15) is 28.8 Å². The lowest BCUT2D eigenvalue weighted by molar-refractivity contribution is -0.148. The van der Waals surface area contributed by atoms with Crippen molar-refractivity contribution in [2.24, 2.45) is 0 Å². The lowest BCUT2D eigenvalue weighted by Gasteiger charge is -2.36. The van der Waals surface area contributed by atoms with Crippen molar-refractivity contribution in [2.45, 2.75) is 116 Å². The molecule has 0 radical (unpaired) electrons. The van der Waals surface area contributed by atoms with Crippen molar-refractivity contribution in [2.75, 3.05) is 115 Å². The van der Waals surface area contributed by atoms with E-state index in [1.54, 1.807) is 34.8 Å². The Morgan fingerprint density at radius 2 is 0.804 bits per heavy atom. The van der Waals surface area contributed by atoms with Gasteiger partial charge >= 0.3 is 11.9 Å². The van der Waals surface area contributed by atoms with Crippen LogP contribution in [-0.2, 0) is 42.1 Å². The summed E-state index contributed by atoms with van der Waals surface area (Å²) >= 11 is 3.58. The van der Waals surface area contributed by atoms with Crippen molar-refractivity contribution in [3.05, 3.63) is 141 Å². The van der Waals surface area contributed by atoms with E-state index in [1.807, 2.05) is 46.2 Å². The average molecular weight is 1290 g/mol. The number of carbonyl (C=O) groups excluding carboxylic acids is 4. The summed E-state index contributed by atoms with van der Waals surface area (Å²) in [4.78, 5) is 91.5. The summed E-state index contributed by atoms with van der Waals surface area (Å²) in [5, 5.41) is 8.73. The molecular weight excluding hydrogens is 1200 g/mol. The molecule has 0 bridgehead atoms. The number of pyridine rings is 2.